The number of nitrogens with one attached hydrogen (secondary N) is 1. The Morgan fingerprint density at radius 1 is 1.35 bits per heavy atom. The van der Waals surface area contributed by atoms with Crippen LogP contribution in [0.25, 0.3) is 0 Å². The van der Waals surface area contributed by atoms with E-state index in [0.717, 1.165) is 29.4 Å². The fourth-order valence-corrected chi connectivity index (χ4v) is 2.46. The minimum Gasteiger partial charge on any atom is -0.392 e. The van der Waals surface area contributed by atoms with Crippen LogP contribution in [0.4, 0.5) is 5.69 Å². The smallest absolute Gasteiger partial charge is 0.237 e. The summed E-state index contributed by atoms with van der Waals surface area (Å²) in [4.78, 5) is 12.5. The highest BCUT2D eigenvalue weighted by Gasteiger charge is 2.46. The molecular weight excluding hydrogens is 300 g/mol. The Balaban J connectivity index is 2.11. The second-order valence-corrected chi connectivity index (χ2v) is 5.62. The number of anilines is 1. The van der Waals surface area contributed by atoms with E-state index >= 15 is 0 Å². The van der Waals surface area contributed by atoms with Crippen molar-refractivity contribution >= 4 is 44.7 Å². The van der Waals surface area contributed by atoms with E-state index in [1.165, 1.54) is 0 Å². The van der Waals surface area contributed by atoms with Crippen LogP contribution >= 0.6 is 28.1 Å². The minimum atomic E-state index is -0.623. The molecule has 0 aliphatic heterocycles. The maximum absolute atomic E-state index is 12.2. The van der Waals surface area contributed by atoms with Gasteiger partial charge in [-0.1, -0.05) is 34.6 Å². The van der Waals surface area contributed by atoms with Gasteiger partial charge in [0, 0.05) is 10.2 Å². The molecule has 3 N–H and O–H groups in total. The normalized spacial score (nSPS) is 17.0. The van der Waals surface area contributed by atoms with E-state index in [9.17, 15) is 4.79 Å². The lowest BCUT2D eigenvalue weighted by molar-refractivity contribution is -0.125. The third-order valence-corrected chi connectivity index (χ3v) is 4.13. The molecule has 90 valence electrons. The first-order chi connectivity index (χ1) is 8.04. The Kier molecular flexibility index (Phi) is 3.49. The lowest BCUT2D eigenvalue weighted by atomic mass is 9.68. The third kappa shape index (κ3) is 2.35. The van der Waals surface area contributed by atoms with Crippen molar-refractivity contribution in [1.29, 1.82) is 0 Å². The fourth-order valence-electron chi connectivity index (χ4n) is 1.90. The highest BCUT2D eigenvalue weighted by molar-refractivity contribution is 9.10. The molecule has 1 saturated carbocycles. The van der Waals surface area contributed by atoms with Gasteiger partial charge in [0.2, 0.25) is 5.91 Å². The van der Waals surface area contributed by atoms with Gasteiger partial charge in [-0.25, -0.2) is 0 Å². The molecule has 1 aromatic carbocycles. The molecule has 2 rings (SSSR count). The Bertz CT molecular complexity index is 454. The van der Waals surface area contributed by atoms with Gasteiger partial charge in [-0.2, -0.15) is 0 Å². The van der Waals surface area contributed by atoms with E-state index < -0.39 is 5.41 Å². The van der Waals surface area contributed by atoms with Gasteiger partial charge in [-0.3, -0.25) is 4.79 Å². The van der Waals surface area contributed by atoms with Crippen LogP contribution in [-0.4, -0.2) is 10.9 Å². The van der Waals surface area contributed by atoms with Gasteiger partial charge in [-0.05, 0) is 37.1 Å². The van der Waals surface area contributed by atoms with Gasteiger partial charge in [0.1, 0.15) is 0 Å². The molecule has 1 aliphatic rings. The number of carbonyl (C=O) groups excluding carboxylic acids is 1. The summed E-state index contributed by atoms with van der Waals surface area (Å²) in [7, 11) is 0. The molecule has 0 radical (unpaired) electrons. The van der Waals surface area contributed by atoms with E-state index in [1.54, 1.807) is 0 Å². The largest absolute Gasteiger partial charge is 0.392 e. The van der Waals surface area contributed by atoms with Crippen LogP contribution in [-0.2, 0) is 4.79 Å². The summed E-state index contributed by atoms with van der Waals surface area (Å²) in [5.74, 6) is -0.0847. The Morgan fingerprint density at radius 2 is 1.94 bits per heavy atom. The molecule has 0 saturated heterocycles. The SMILES string of the molecule is NC(=S)C1(C(=O)Nc2ccc(Br)cc2)CCC1. The number of carbonyl (C=O) groups is 1. The van der Waals surface area contributed by atoms with Crippen molar-refractivity contribution in [3.05, 3.63) is 28.7 Å². The summed E-state index contributed by atoms with van der Waals surface area (Å²) in [5.41, 5.74) is 5.82. The molecule has 1 fully saturated rings. The standard InChI is InChI=1S/C12H13BrN2OS/c13-8-2-4-9(5-3-8)15-11(16)12(10(14)17)6-1-7-12/h2-5H,1,6-7H2,(H2,14,17)(H,15,16). The zero-order chi connectivity index (χ0) is 12.5. The average Bonchev–Trinajstić information content (AvgIpc) is 2.19. The van der Waals surface area contributed by atoms with Gasteiger partial charge in [-0.15, -0.1) is 0 Å². The molecule has 17 heavy (non-hydrogen) atoms. The number of thiocarbonyl (C=S) groups is 1. The number of halogens is 1. The molecule has 0 heterocycles. The lowest BCUT2D eigenvalue weighted by Crippen LogP contribution is -2.50. The van der Waals surface area contributed by atoms with E-state index in [-0.39, 0.29) is 5.91 Å². The minimum absolute atomic E-state index is 0.0847. The van der Waals surface area contributed by atoms with E-state index in [2.05, 4.69) is 21.2 Å². The number of hydrogen-bond donors (Lipinski definition) is 2. The zero-order valence-corrected chi connectivity index (χ0v) is 11.6. The predicted octanol–water partition coefficient (Wildman–Crippen LogP) is 2.84. The summed E-state index contributed by atoms with van der Waals surface area (Å²) in [6.07, 6.45) is 2.51. The quantitative estimate of drug-likeness (QED) is 0.844. The summed E-state index contributed by atoms with van der Waals surface area (Å²) in [6.45, 7) is 0. The van der Waals surface area contributed by atoms with Gasteiger partial charge >= 0.3 is 0 Å². The van der Waals surface area contributed by atoms with Crippen LogP contribution in [0.2, 0.25) is 0 Å². The van der Waals surface area contributed by atoms with Crippen LogP contribution in [0.5, 0.6) is 0 Å². The van der Waals surface area contributed by atoms with Crippen molar-refractivity contribution in [2.75, 3.05) is 5.32 Å². The summed E-state index contributed by atoms with van der Waals surface area (Å²) >= 11 is 8.35. The first-order valence-corrected chi connectivity index (χ1v) is 6.62. The predicted molar refractivity (Wildman–Crippen MR) is 75.8 cm³/mol. The molecule has 5 heteroatoms. The van der Waals surface area contributed by atoms with Gasteiger partial charge < -0.3 is 11.1 Å². The van der Waals surface area contributed by atoms with Crippen molar-refractivity contribution in [2.45, 2.75) is 19.3 Å². The maximum atomic E-state index is 12.2. The Morgan fingerprint density at radius 3 is 2.35 bits per heavy atom. The second-order valence-electron chi connectivity index (χ2n) is 4.26. The first-order valence-electron chi connectivity index (χ1n) is 5.41. The molecule has 0 unspecified atom stereocenters. The summed E-state index contributed by atoms with van der Waals surface area (Å²) in [5, 5.41) is 2.87. The molecule has 1 aliphatic carbocycles. The topological polar surface area (TPSA) is 55.1 Å². The van der Waals surface area contributed by atoms with E-state index in [0.29, 0.717) is 4.99 Å². The van der Waals surface area contributed by atoms with Crippen LogP contribution < -0.4 is 11.1 Å². The van der Waals surface area contributed by atoms with Crippen molar-refractivity contribution in [3.63, 3.8) is 0 Å². The fraction of sp³-hybridized carbons (Fsp3) is 0.333. The van der Waals surface area contributed by atoms with Crippen LogP contribution in [0, 0.1) is 5.41 Å². The van der Waals surface area contributed by atoms with Crippen LogP contribution in [0.3, 0.4) is 0 Å². The van der Waals surface area contributed by atoms with Gasteiger partial charge in [0.25, 0.3) is 0 Å². The highest BCUT2D eigenvalue weighted by Crippen LogP contribution is 2.42. The number of benzene rings is 1. The first kappa shape index (κ1) is 12.5. The summed E-state index contributed by atoms with van der Waals surface area (Å²) in [6, 6.07) is 7.44. The van der Waals surface area contributed by atoms with Crippen molar-refractivity contribution in [1.82, 2.24) is 0 Å². The molecule has 0 atom stereocenters. The molecule has 0 bridgehead atoms. The van der Waals surface area contributed by atoms with Crippen molar-refractivity contribution < 1.29 is 4.79 Å². The average molecular weight is 313 g/mol. The van der Waals surface area contributed by atoms with Crippen LogP contribution in [0.15, 0.2) is 28.7 Å². The number of rotatable bonds is 3. The summed E-state index contributed by atoms with van der Waals surface area (Å²) < 4.78 is 0.975. The van der Waals surface area contributed by atoms with Crippen LogP contribution in [0.1, 0.15) is 19.3 Å². The monoisotopic (exact) mass is 312 g/mol. The molecule has 0 spiro atoms. The Hall–Kier alpha value is -0.940. The third-order valence-electron chi connectivity index (χ3n) is 3.22. The highest BCUT2D eigenvalue weighted by atomic mass is 79.9. The van der Waals surface area contributed by atoms with Gasteiger partial charge in [0.05, 0.1) is 10.4 Å². The Labute approximate surface area is 114 Å². The maximum Gasteiger partial charge on any atom is 0.237 e. The van der Waals surface area contributed by atoms with E-state index in [1.807, 2.05) is 24.3 Å². The molecule has 1 amide bonds. The zero-order valence-electron chi connectivity index (χ0n) is 9.20. The number of hydrogen-bond acceptors (Lipinski definition) is 2. The molecule has 1 aromatic rings. The molecule has 3 nitrogen and oxygen atoms in total. The van der Waals surface area contributed by atoms with Crippen molar-refractivity contribution in [3.8, 4) is 0 Å². The number of nitrogens with two attached hydrogens (primary N) is 1. The van der Waals surface area contributed by atoms with Gasteiger partial charge in [0.15, 0.2) is 0 Å². The van der Waals surface area contributed by atoms with E-state index in [4.69, 9.17) is 18.0 Å². The molecular formula is C12H13BrN2OS. The molecule has 0 aromatic heterocycles. The van der Waals surface area contributed by atoms with Crippen molar-refractivity contribution in [2.24, 2.45) is 11.1 Å². The lowest BCUT2D eigenvalue weighted by Gasteiger charge is -2.39. The number of amides is 1. The second kappa shape index (κ2) is 4.74.